The monoisotopic (exact) mass is 449 g/mol. The van der Waals surface area contributed by atoms with E-state index in [4.69, 9.17) is 27.9 Å². The molecule has 1 aliphatic heterocycles. The zero-order valence-electron chi connectivity index (χ0n) is 17.8. The lowest BCUT2D eigenvalue weighted by atomic mass is 10.0. The van der Waals surface area contributed by atoms with Crippen LogP contribution < -0.4 is 10.1 Å². The first kappa shape index (κ1) is 22.9. The number of benzene rings is 2. The van der Waals surface area contributed by atoms with Crippen molar-refractivity contribution in [2.24, 2.45) is 0 Å². The van der Waals surface area contributed by atoms with Gasteiger partial charge in [-0.3, -0.25) is 9.69 Å². The van der Waals surface area contributed by atoms with E-state index in [1.807, 2.05) is 30.1 Å². The van der Waals surface area contributed by atoms with Crippen LogP contribution in [0.4, 0.5) is 0 Å². The molecule has 30 heavy (non-hydrogen) atoms. The van der Waals surface area contributed by atoms with Gasteiger partial charge in [-0.1, -0.05) is 29.3 Å². The summed E-state index contributed by atoms with van der Waals surface area (Å²) in [4.78, 5) is 17.4. The largest absolute Gasteiger partial charge is 0.489 e. The Morgan fingerprint density at radius 1 is 1.03 bits per heavy atom. The summed E-state index contributed by atoms with van der Waals surface area (Å²) in [6.07, 6.45) is 0. The Morgan fingerprint density at radius 2 is 1.77 bits per heavy atom. The molecule has 0 unspecified atom stereocenters. The number of hydrogen-bond acceptors (Lipinski definition) is 4. The van der Waals surface area contributed by atoms with Gasteiger partial charge in [0, 0.05) is 50.4 Å². The average Bonchev–Trinajstić information content (AvgIpc) is 2.75. The van der Waals surface area contributed by atoms with Gasteiger partial charge in [-0.25, -0.2) is 0 Å². The van der Waals surface area contributed by atoms with Crippen molar-refractivity contribution in [3.63, 3.8) is 0 Å². The fourth-order valence-electron chi connectivity index (χ4n) is 3.61. The van der Waals surface area contributed by atoms with Gasteiger partial charge < -0.3 is 15.0 Å². The van der Waals surface area contributed by atoms with Gasteiger partial charge in [0.25, 0.3) is 5.91 Å². The van der Waals surface area contributed by atoms with Crippen LogP contribution in [0.1, 0.15) is 35.3 Å². The number of carbonyl (C=O) groups is 1. The lowest BCUT2D eigenvalue weighted by Gasteiger charge is -2.37. The van der Waals surface area contributed by atoms with Crippen LogP contribution >= 0.6 is 23.2 Å². The van der Waals surface area contributed by atoms with Crippen molar-refractivity contribution >= 4 is 29.1 Å². The predicted octanol–water partition coefficient (Wildman–Crippen LogP) is 4.46. The van der Waals surface area contributed by atoms with Crippen molar-refractivity contribution in [2.45, 2.75) is 33.0 Å². The van der Waals surface area contributed by atoms with Crippen molar-refractivity contribution in [3.05, 3.63) is 63.1 Å². The van der Waals surface area contributed by atoms with Crippen LogP contribution in [0, 0.1) is 0 Å². The highest BCUT2D eigenvalue weighted by molar-refractivity contribution is 6.42. The Kier molecular flexibility index (Phi) is 8.00. The quantitative estimate of drug-likeness (QED) is 0.677. The minimum absolute atomic E-state index is 0.0905. The van der Waals surface area contributed by atoms with Crippen molar-refractivity contribution in [2.75, 3.05) is 33.2 Å². The third-order valence-electron chi connectivity index (χ3n) is 5.44. The van der Waals surface area contributed by atoms with Gasteiger partial charge in [-0.05, 0) is 56.3 Å². The molecule has 1 aliphatic rings. The van der Waals surface area contributed by atoms with E-state index in [2.05, 4.69) is 24.1 Å². The van der Waals surface area contributed by atoms with Crippen LogP contribution in [0.3, 0.4) is 0 Å². The number of ether oxygens (including phenoxy) is 1. The zero-order chi connectivity index (χ0) is 21.7. The highest BCUT2D eigenvalue weighted by atomic mass is 35.5. The smallest absolute Gasteiger partial charge is 0.253 e. The van der Waals surface area contributed by atoms with Gasteiger partial charge >= 0.3 is 0 Å². The van der Waals surface area contributed by atoms with E-state index in [-0.39, 0.29) is 5.91 Å². The van der Waals surface area contributed by atoms with Gasteiger partial charge in [0.1, 0.15) is 12.4 Å². The van der Waals surface area contributed by atoms with Crippen LogP contribution in [-0.2, 0) is 13.2 Å². The summed E-state index contributed by atoms with van der Waals surface area (Å²) in [5, 5.41) is 4.14. The summed E-state index contributed by atoms with van der Waals surface area (Å²) in [7, 11) is 1.89. The molecular weight excluding hydrogens is 421 g/mol. The Bertz CT molecular complexity index is 881. The zero-order valence-corrected chi connectivity index (χ0v) is 19.3. The first-order valence-electron chi connectivity index (χ1n) is 10.3. The molecule has 0 bridgehead atoms. The third-order valence-corrected chi connectivity index (χ3v) is 6.18. The minimum Gasteiger partial charge on any atom is -0.489 e. The molecule has 2 aromatic rings. The summed E-state index contributed by atoms with van der Waals surface area (Å²) in [5.41, 5.74) is 2.79. The molecule has 1 saturated heterocycles. The van der Waals surface area contributed by atoms with E-state index in [9.17, 15) is 4.79 Å². The normalized spacial score (nSPS) is 14.9. The van der Waals surface area contributed by atoms with Gasteiger partial charge in [0.05, 0.1) is 10.0 Å². The van der Waals surface area contributed by atoms with Gasteiger partial charge in [0.2, 0.25) is 0 Å². The summed E-state index contributed by atoms with van der Waals surface area (Å²) in [6, 6.07) is 11.6. The van der Waals surface area contributed by atoms with Gasteiger partial charge in [-0.2, -0.15) is 0 Å². The third kappa shape index (κ3) is 5.67. The number of nitrogens with one attached hydrogen (secondary N) is 1. The molecule has 7 heteroatoms. The predicted molar refractivity (Wildman–Crippen MR) is 123 cm³/mol. The number of halogens is 2. The van der Waals surface area contributed by atoms with Gasteiger partial charge in [-0.15, -0.1) is 0 Å². The van der Waals surface area contributed by atoms with E-state index in [0.29, 0.717) is 35.0 Å². The molecule has 0 aromatic heterocycles. The standard InChI is InChI=1S/C23H29Cl2N3O2/c1-16(2)27-8-10-28(11-9-27)23(29)17-4-5-18(19(12-17)14-26-3)15-30-20-6-7-21(24)22(25)13-20/h4-7,12-13,16,26H,8-11,14-15H2,1-3H3. The lowest BCUT2D eigenvalue weighted by molar-refractivity contribution is 0.0595. The first-order valence-corrected chi connectivity index (χ1v) is 11.0. The van der Waals surface area contributed by atoms with E-state index in [1.165, 1.54) is 0 Å². The number of rotatable bonds is 7. The van der Waals surface area contributed by atoms with Crippen molar-refractivity contribution < 1.29 is 9.53 Å². The second-order valence-corrected chi connectivity index (χ2v) is 8.61. The van der Waals surface area contributed by atoms with E-state index in [0.717, 1.165) is 42.9 Å². The Balaban J connectivity index is 1.69. The second kappa shape index (κ2) is 10.5. The summed E-state index contributed by atoms with van der Waals surface area (Å²) < 4.78 is 5.89. The van der Waals surface area contributed by atoms with Crippen LogP contribution in [0.5, 0.6) is 5.75 Å². The minimum atomic E-state index is 0.0905. The molecule has 0 radical (unpaired) electrons. The maximum absolute atomic E-state index is 13.0. The maximum Gasteiger partial charge on any atom is 0.253 e. The van der Waals surface area contributed by atoms with Gasteiger partial charge in [0.15, 0.2) is 0 Å². The average molecular weight is 450 g/mol. The van der Waals surface area contributed by atoms with Crippen LogP contribution in [0.2, 0.25) is 10.0 Å². The summed E-state index contributed by atoms with van der Waals surface area (Å²) in [6.45, 7) is 8.80. The molecule has 0 atom stereocenters. The van der Waals surface area contributed by atoms with Crippen molar-refractivity contribution in [1.29, 1.82) is 0 Å². The molecule has 1 fully saturated rings. The topological polar surface area (TPSA) is 44.8 Å². The Morgan fingerprint density at radius 3 is 2.40 bits per heavy atom. The van der Waals surface area contributed by atoms with Crippen LogP contribution in [-0.4, -0.2) is 55.0 Å². The number of nitrogens with zero attached hydrogens (tertiary/aromatic N) is 2. The molecular formula is C23H29Cl2N3O2. The molecule has 3 rings (SSSR count). The number of piperazine rings is 1. The Labute approximate surface area is 188 Å². The van der Waals surface area contributed by atoms with Crippen LogP contribution in [0.15, 0.2) is 36.4 Å². The highest BCUT2D eigenvalue weighted by Crippen LogP contribution is 2.27. The van der Waals surface area contributed by atoms with Crippen molar-refractivity contribution in [3.8, 4) is 5.75 Å². The number of amides is 1. The summed E-state index contributed by atoms with van der Waals surface area (Å²) >= 11 is 12.0. The maximum atomic E-state index is 13.0. The SMILES string of the molecule is CNCc1cc(C(=O)N2CCN(C(C)C)CC2)ccc1COc1ccc(Cl)c(Cl)c1. The second-order valence-electron chi connectivity index (χ2n) is 7.80. The highest BCUT2D eigenvalue weighted by Gasteiger charge is 2.23. The molecule has 162 valence electrons. The number of hydrogen-bond donors (Lipinski definition) is 1. The molecule has 1 amide bonds. The fourth-order valence-corrected chi connectivity index (χ4v) is 3.89. The first-order chi connectivity index (χ1) is 14.4. The molecule has 0 saturated carbocycles. The van der Waals surface area contributed by atoms with Crippen molar-refractivity contribution in [1.82, 2.24) is 15.1 Å². The van der Waals surface area contributed by atoms with Crippen LogP contribution in [0.25, 0.3) is 0 Å². The Hall–Kier alpha value is -1.79. The molecule has 1 N–H and O–H groups in total. The molecule has 0 spiro atoms. The molecule has 2 aromatic carbocycles. The molecule has 1 heterocycles. The molecule has 0 aliphatic carbocycles. The summed E-state index contributed by atoms with van der Waals surface area (Å²) in [5.74, 6) is 0.746. The lowest BCUT2D eigenvalue weighted by Crippen LogP contribution is -2.50. The fraction of sp³-hybridized carbons (Fsp3) is 0.435. The number of carbonyl (C=O) groups excluding carboxylic acids is 1. The van der Waals surface area contributed by atoms with E-state index < -0.39 is 0 Å². The molecule has 5 nitrogen and oxygen atoms in total. The van der Waals surface area contributed by atoms with E-state index in [1.54, 1.807) is 18.2 Å². The van der Waals surface area contributed by atoms with E-state index >= 15 is 0 Å².